The minimum Gasteiger partial charge on any atom is -0.458 e. The molecule has 1 atom stereocenters. The van der Waals surface area contributed by atoms with Crippen LogP contribution in [-0.4, -0.2) is 40.8 Å². The van der Waals surface area contributed by atoms with E-state index >= 15 is 0 Å². The van der Waals surface area contributed by atoms with Crippen LogP contribution in [0, 0.1) is 0 Å². The molecule has 0 fully saturated rings. The molecule has 0 spiro atoms. The number of amides is 1. The van der Waals surface area contributed by atoms with Crippen molar-refractivity contribution in [1.82, 2.24) is 4.90 Å². The van der Waals surface area contributed by atoms with Crippen molar-refractivity contribution in [3.63, 3.8) is 0 Å². The molecule has 20 heavy (non-hydrogen) atoms. The average Bonchev–Trinajstić information content (AvgIpc) is 2.24. The highest BCUT2D eigenvalue weighted by Gasteiger charge is 2.35. The first-order valence-electron chi connectivity index (χ1n) is 6.87. The van der Waals surface area contributed by atoms with E-state index in [0.717, 1.165) is 0 Å². The number of esters is 1. The van der Waals surface area contributed by atoms with Crippen molar-refractivity contribution < 1.29 is 19.1 Å². The lowest BCUT2D eigenvalue weighted by Gasteiger charge is -2.34. The van der Waals surface area contributed by atoms with Gasteiger partial charge in [0, 0.05) is 6.54 Å². The molecule has 0 aromatic carbocycles. The zero-order valence-corrected chi connectivity index (χ0v) is 13.2. The van der Waals surface area contributed by atoms with Gasteiger partial charge in [0.2, 0.25) is 0 Å². The van der Waals surface area contributed by atoms with Gasteiger partial charge in [-0.05, 0) is 48.0 Å². The monoisotopic (exact) mass is 283 g/mol. The van der Waals surface area contributed by atoms with E-state index < -0.39 is 29.3 Å². The highest BCUT2D eigenvalue weighted by atomic mass is 16.6. The molecular weight excluding hydrogens is 258 g/mol. The Labute approximate surface area is 120 Å². The highest BCUT2D eigenvalue weighted by molar-refractivity contribution is 5.82. The van der Waals surface area contributed by atoms with Crippen LogP contribution in [0.4, 0.5) is 4.79 Å². The lowest BCUT2D eigenvalue weighted by molar-refractivity contribution is -0.161. The van der Waals surface area contributed by atoms with Crippen LogP contribution in [0.3, 0.4) is 0 Å². The quantitative estimate of drug-likeness (QED) is 0.548. The summed E-state index contributed by atoms with van der Waals surface area (Å²) in [5, 5.41) is 0. The summed E-state index contributed by atoms with van der Waals surface area (Å²) in [6.45, 7) is 11.2. The van der Waals surface area contributed by atoms with Crippen molar-refractivity contribution in [2.24, 2.45) is 0 Å². The van der Waals surface area contributed by atoms with Gasteiger partial charge < -0.3 is 9.47 Å². The standard InChI is InChI=1S/C15H25NO4/c1-14(2,3)19-12(17)11-9-7-8-10-16(11)13(18)20-15(4,5)6/h7-8,11H,9-10H2,1-6H3. The molecule has 5 nitrogen and oxygen atoms in total. The summed E-state index contributed by atoms with van der Waals surface area (Å²) in [7, 11) is 0. The molecule has 0 aromatic rings. The molecule has 0 aliphatic carbocycles. The Bertz CT molecular complexity index is 363. The van der Waals surface area contributed by atoms with Crippen molar-refractivity contribution in [1.29, 1.82) is 0 Å². The summed E-state index contributed by atoms with van der Waals surface area (Å²) in [6.07, 6.45) is 3.70. The van der Waals surface area contributed by atoms with Crippen molar-refractivity contribution >= 4 is 12.1 Å². The van der Waals surface area contributed by atoms with Crippen molar-refractivity contribution in [2.75, 3.05) is 6.54 Å². The van der Waals surface area contributed by atoms with Gasteiger partial charge in [0.1, 0.15) is 17.2 Å². The fourth-order valence-corrected chi connectivity index (χ4v) is 1.78. The maximum atomic E-state index is 12.2. The van der Waals surface area contributed by atoms with Gasteiger partial charge in [-0.2, -0.15) is 0 Å². The zero-order chi connectivity index (χ0) is 15.6. The van der Waals surface area contributed by atoms with Crippen molar-refractivity contribution in [3.8, 4) is 0 Å². The third kappa shape index (κ3) is 5.23. The molecule has 1 aliphatic rings. The summed E-state index contributed by atoms with van der Waals surface area (Å²) in [6, 6.07) is -0.617. The lowest BCUT2D eigenvalue weighted by atomic mass is 10.1. The average molecular weight is 283 g/mol. The van der Waals surface area contributed by atoms with Gasteiger partial charge in [-0.1, -0.05) is 12.2 Å². The molecule has 0 saturated heterocycles. The Morgan fingerprint density at radius 3 is 2.05 bits per heavy atom. The SMILES string of the molecule is CC(C)(C)OC(=O)C1CC=CCN1C(=O)OC(C)(C)C. The molecule has 5 heteroatoms. The van der Waals surface area contributed by atoms with Crippen LogP contribution in [0.5, 0.6) is 0 Å². The first kappa shape index (κ1) is 16.5. The smallest absolute Gasteiger partial charge is 0.411 e. The predicted octanol–water partition coefficient (Wildman–Crippen LogP) is 2.89. The van der Waals surface area contributed by atoms with E-state index in [9.17, 15) is 9.59 Å². The molecule has 1 rings (SSSR count). The molecule has 1 unspecified atom stereocenters. The van der Waals surface area contributed by atoms with Crippen LogP contribution >= 0.6 is 0 Å². The maximum absolute atomic E-state index is 12.2. The fraction of sp³-hybridized carbons (Fsp3) is 0.733. The van der Waals surface area contributed by atoms with Gasteiger partial charge >= 0.3 is 12.1 Å². The first-order valence-corrected chi connectivity index (χ1v) is 6.87. The zero-order valence-electron chi connectivity index (χ0n) is 13.2. The van der Waals surface area contributed by atoms with E-state index in [4.69, 9.17) is 9.47 Å². The Balaban J connectivity index is 2.80. The lowest BCUT2D eigenvalue weighted by Crippen LogP contribution is -2.50. The van der Waals surface area contributed by atoms with Crippen LogP contribution in [0.1, 0.15) is 48.0 Å². The molecule has 1 amide bonds. The van der Waals surface area contributed by atoms with Crippen LogP contribution in [0.15, 0.2) is 12.2 Å². The molecule has 0 bridgehead atoms. The third-order valence-corrected chi connectivity index (χ3v) is 2.51. The van der Waals surface area contributed by atoms with E-state index in [0.29, 0.717) is 13.0 Å². The topological polar surface area (TPSA) is 55.8 Å². The summed E-state index contributed by atoms with van der Waals surface area (Å²) >= 11 is 0. The van der Waals surface area contributed by atoms with E-state index in [1.165, 1.54) is 4.90 Å². The number of ether oxygens (including phenoxy) is 2. The molecule has 0 saturated carbocycles. The molecule has 1 aliphatic heterocycles. The van der Waals surface area contributed by atoms with Crippen molar-refractivity contribution in [2.45, 2.75) is 65.2 Å². The van der Waals surface area contributed by atoms with Gasteiger partial charge in [-0.3, -0.25) is 4.90 Å². The molecule has 0 radical (unpaired) electrons. The number of hydrogen-bond donors (Lipinski definition) is 0. The Hall–Kier alpha value is -1.52. The molecule has 114 valence electrons. The summed E-state index contributed by atoms with van der Waals surface area (Å²) in [5.41, 5.74) is -1.16. The maximum Gasteiger partial charge on any atom is 0.411 e. The van der Waals surface area contributed by atoms with Crippen LogP contribution in [0.25, 0.3) is 0 Å². The van der Waals surface area contributed by atoms with Gasteiger partial charge in [-0.15, -0.1) is 0 Å². The third-order valence-electron chi connectivity index (χ3n) is 2.51. The molecular formula is C15H25NO4. The van der Waals surface area contributed by atoms with Crippen LogP contribution < -0.4 is 0 Å². The second-order valence-corrected chi connectivity index (χ2v) is 6.89. The Kier molecular flexibility index (Phi) is 4.84. The summed E-state index contributed by atoms with van der Waals surface area (Å²) in [4.78, 5) is 25.8. The second-order valence-electron chi connectivity index (χ2n) is 6.89. The predicted molar refractivity (Wildman–Crippen MR) is 76.3 cm³/mol. The van der Waals surface area contributed by atoms with Crippen LogP contribution in [-0.2, 0) is 14.3 Å². The molecule has 0 N–H and O–H groups in total. The fourth-order valence-electron chi connectivity index (χ4n) is 1.78. The number of carbonyl (C=O) groups is 2. The van der Waals surface area contributed by atoms with Gasteiger partial charge in [-0.25, -0.2) is 9.59 Å². The molecule has 0 aromatic heterocycles. The number of nitrogens with zero attached hydrogens (tertiary/aromatic N) is 1. The van der Waals surface area contributed by atoms with Gasteiger partial charge in [0.15, 0.2) is 0 Å². The van der Waals surface area contributed by atoms with Gasteiger partial charge in [0.25, 0.3) is 0 Å². The van der Waals surface area contributed by atoms with E-state index in [2.05, 4.69) is 0 Å². The number of rotatable bonds is 1. The molecule has 1 heterocycles. The first-order chi connectivity index (χ1) is 8.99. The van der Waals surface area contributed by atoms with E-state index in [1.807, 2.05) is 12.2 Å². The summed E-state index contributed by atoms with van der Waals surface area (Å²) in [5.74, 6) is -0.396. The largest absolute Gasteiger partial charge is 0.458 e. The summed E-state index contributed by atoms with van der Waals surface area (Å²) < 4.78 is 10.7. The second kappa shape index (κ2) is 5.85. The van der Waals surface area contributed by atoms with Gasteiger partial charge in [0.05, 0.1) is 0 Å². The van der Waals surface area contributed by atoms with Crippen molar-refractivity contribution in [3.05, 3.63) is 12.2 Å². The number of carbonyl (C=O) groups excluding carboxylic acids is 2. The Morgan fingerprint density at radius 2 is 1.55 bits per heavy atom. The minimum absolute atomic E-state index is 0.360. The van der Waals surface area contributed by atoms with E-state index in [1.54, 1.807) is 41.5 Å². The number of hydrogen-bond acceptors (Lipinski definition) is 4. The Morgan fingerprint density at radius 1 is 1.00 bits per heavy atom. The van der Waals surface area contributed by atoms with Crippen LogP contribution in [0.2, 0.25) is 0 Å². The van der Waals surface area contributed by atoms with E-state index in [-0.39, 0.29) is 0 Å². The normalized spacial score (nSPS) is 19.7. The minimum atomic E-state index is -0.617. The highest BCUT2D eigenvalue weighted by Crippen LogP contribution is 2.20.